The smallest absolute Gasteiger partial charge is 0.254 e. The van der Waals surface area contributed by atoms with Gasteiger partial charge in [-0.1, -0.05) is 0 Å². The highest BCUT2D eigenvalue weighted by atomic mass is 32.2. The molecule has 0 radical (unpaired) electrons. The molecule has 0 aromatic carbocycles. The van der Waals surface area contributed by atoms with E-state index < -0.39 is 0 Å². The maximum atomic E-state index is 11.9. The van der Waals surface area contributed by atoms with Crippen LogP contribution in [-0.4, -0.2) is 40.4 Å². The maximum Gasteiger partial charge on any atom is 0.254 e. The lowest BCUT2D eigenvalue weighted by Gasteiger charge is -2.26. The molecule has 5 heteroatoms. The summed E-state index contributed by atoms with van der Waals surface area (Å²) >= 11 is 1.85. The second-order valence-corrected chi connectivity index (χ2v) is 4.57. The average molecular weight is 224 g/mol. The number of carbonyl (C=O) groups excluding carboxylic acids is 1. The summed E-state index contributed by atoms with van der Waals surface area (Å²) in [6.07, 6.45) is 1.51. The molecule has 80 valence electrons. The number of thioether (sulfide) groups is 1. The zero-order valence-corrected chi connectivity index (χ0v) is 9.05. The van der Waals surface area contributed by atoms with Crippen LogP contribution in [0.15, 0.2) is 23.1 Å². The molecule has 2 rings (SSSR count). The highest BCUT2D eigenvalue weighted by Gasteiger charge is 2.18. The van der Waals surface area contributed by atoms with Crippen molar-refractivity contribution in [2.75, 3.05) is 24.6 Å². The van der Waals surface area contributed by atoms with Crippen molar-refractivity contribution in [1.82, 2.24) is 9.88 Å². The van der Waals surface area contributed by atoms with Crippen molar-refractivity contribution in [1.29, 1.82) is 0 Å². The van der Waals surface area contributed by atoms with E-state index in [-0.39, 0.29) is 11.5 Å². The third-order valence-electron chi connectivity index (χ3n) is 2.32. The molecule has 2 heterocycles. The van der Waals surface area contributed by atoms with E-state index in [4.69, 9.17) is 0 Å². The van der Waals surface area contributed by atoms with Crippen molar-refractivity contribution in [3.63, 3.8) is 0 Å². The highest BCUT2D eigenvalue weighted by molar-refractivity contribution is 7.99. The van der Waals surface area contributed by atoms with Crippen LogP contribution in [0, 0.1) is 0 Å². The number of hydrogen-bond donors (Lipinski definition) is 1. The van der Waals surface area contributed by atoms with Gasteiger partial charge in [0.05, 0.1) is 0 Å². The summed E-state index contributed by atoms with van der Waals surface area (Å²) in [6.45, 7) is 1.55. The molecule has 1 aromatic rings. The Hall–Kier alpha value is -1.23. The lowest BCUT2D eigenvalue weighted by molar-refractivity contribution is 0.0772. The fourth-order valence-corrected chi connectivity index (χ4v) is 2.43. The molecule has 1 aromatic heterocycles. The van der Waals surface area contributed by atoms with Gasteiger partial charge in [0.1, 0.15) is 0 Å². The van der Waals surface area contributed by atoms with Crippen LogP contribution in [0.1, 0.15) is 10.4 Å². The molecule has 0 atom stereocenters. The molecule has 15 heavy (non-hydrogen) atoms. The number of amides is 1. The Morgan fingerprint density at radius 3 is 2.80 bits per heavy atom. The molecule has 0 bridgehead atoms. The number of aromatic nitrogens is 1. The van der Waals surface area contributed by atoms with Crippen molar-refractivity contribution in [3.05, 3.63) is 34.2 Å². The number of pyridine rings is 1. The number of aromatic amines is 1. The third kappa shape index (κ3) is 2.41. The number of nitrogens with zero attached hydrogens (tertiary/aromatic N) is 1. The van der Waals surface area contributed by atoms with Gasteiger partial charge in [-0.05, 0) is 6.07 Å². The molecule has 1 fully saturated rings. The molecular weight excluding hydrogens is 212 g/mol. The van der Waals surface area contributed by atoms with Crippen LogP contribution in [-0.2, 0) is 0 Å². The van der Waals surface area contributed by atoms with Crippen molar-refractivity contribution in [3.8, 4) is 0 Å². The molecule has 0 unspecified atom stereocenters. The summed E-state index contributed by atoms with van der Waals surface area (Å²) in [5.41, 5.74) is 0.248. The molecule has 0 spiro atoms. The lowest BCUT2D eigenvalue weighted by Crippen LogP contribution is -2.38. The quantitative estimate of drug-likeness (QED) is 0.758. The molecule has 1 aliphatic rings. The standard InChI is InChI=1S/C10H12N2O2S/c13-9-7-8(1-2-11-9)10(14)12-3-5-15-6-4-12/h1-2,7H,3-6H2,(H,11,13). The minimum Gasteiger partial charge on any atom is -0.337 e. The first kappa shape index (κ1) is 10.3. The van der Waals surface area contributed by atoms with Gasteiger partial charge in [-0.15, -0.1) is 0 Å². The van der Waals surface area contributed by atoms with E-state index in [9.17, 15) is 9.59 Å². The van der Waals surface area contributed by atoms with Gasteiger partial charge in [-0.2, -0.15) is 11.8 Å². The normalized spacial score (nSPS) is 16.4. The Bertz CT molecular complexity index is 410. The SMILES string of the molecule is O=C(c1cc[nH]c(=O)c1)N1CCSCC1. The van der Waals surface area contributed by atoms with Crippen LogP contribution >= 0.6 is 11.8 Å². The van der Waals surface area contributed by atoms with Gasteiger partial charge in [0.2, 0.25) is 5.56 Å². The Balaban J connectivity index is 2.16. The van der Waals surface area contributed by atoms with E-state index in [1.807, 2.05) is 11.8 Å². The Morgan fingerprint density at radius 1 is 1.40 bits per heavy atom. The van der Waals surface area contributed by atoms with E-state index in [1.54, 1.807) is 11.0 Å². The Kier molecular flexibility index (Phi) is 3.11. The largest absolute Gasteiger partial charge is 0.337 e. The van der Waals surface area contributed by atoms with Gasteiger partial charge in [0.15, 0.2) is 0 Å². The maximum absolute atomic E-state index is 11.9. The van der Waals surface area contributed by atoms with Crippen molar-refractivity contribution >= 4 is 17.7 Å². The summed E-state index contributed by atoms with van der Waals surface area (Å²) in [5.74, 6) is 1.92. The van der Waals surface area contributed by atoms with Gasteiger partial charge >= 0.3 is 0 Å². The first-order chi connectivity index (χ1) is 7.27. The van der Waals surface area contributed by atoms with Crippen LogP contribution < -0.4 is 5.56 Å². The lowest BCUT2D eigenvalue weighted by atomic mass is 10.2. The van der Waals surface area contributed by atoms with Gasteiger partial charge in [0, 0.05) is 42.4 Å². The zero-order valence-electron chi connectivity index (χ0n) is 8.23. The van der Waals surface area contributed by atoms with Crippen LogP contribution in [0.3, 0.4) is 0 Å². The van der Waals surface area contributed by atoms with Crippen molar-refractivity contribution in [2.24, 2.45) is 0 Å². The third-order valence-corrected chi connectivity index (χ3v) is 3.26. The minimum absolute atomic E-state index is 0.0404. The number of hydrogen-bond acceptors (Lipinski definition) is 3. The molecule has 1 amide bonds. The van der Waals surface area contributed by atoms with E-state index in [2.05, 4.69) is 4.98 Å². The molecule has 1 aliphatic heterocycles. The fourth-order valence-electron chi connectivity index (χ4n) is 1.53. The van der Waals surface area contributed by atoms with E-state index in [1.165, 1.54) is 12.3 Å². The highest BCUT2D eigenvalue weighted by Crippen LogP contribution is 2.11. The summed E-state index contributed by atoms with van der Waals surface area (Å²) in [5, 5.41) is 0. The van der Waals surface area contributed by atoms with Gasteiger partial charge in [-0.3, -0.25) is 9.59 Å². The predicted molar refractivity (Wildman–Crippen MR) is 60.3 cm³/mol. The first-order valence-electron chi connectivity index (χ1n) is 4.83. The predicted octanol–water partition coefficient (Wildman–Crippen LogP) is 0.564. The van der Waals surface area contributed by atoms with Crippen LogP contribution in [0.4, 0.5) is 0 Å². The van der Waals surface area contributed by atoms with Crippen LogP contribution in [0.25, 0.3) is 0 Å². The molecule has 4 nitrogen and oxygen atoms in total. The van der Waals surface area contributed by atoms with Crippen molar-refractivity contribution in [2.45, 2.75) is 0 Å². The number of rotatable bonds is 1. The summed E-state index contributed by atoms with van der Waals surface area (Å²) in [6, 6.07) is 3.00. The van der Waals surface area contributed by atoms with Crippen molar-refractivity contribution < 1.29 is 4.79 Å². The second-order valence-electron chi connectivity index (χ2n) is 3.35. The molecule has 1 saturated heterocycles. The molecule has 0 aliphatic carbocycles. The Morgan fingerprint density at radius 2 is 2.13 bits per heavy atom. The number of carbonyl (C=O) groups is 1. The summed E-state index contributed by atoms with van der Waals surface area (Å²) < 4.78 is 0. The second kappa shape index (κ2) is 4.53. The molecule has 1 N–H and O–H groups in total. The van der Waals surface area contributed by atoms with Gasteiger partial charge < -0.3 is 9.88 Å². The number of nitrogens with one attached hydrogen (secondary N) is 1. The molecular formula is C10H12N2O2S. The average Bonchev–Trinajstić information content (AvgIpc) is 2.29. The van der Waals surface area contributed by atoms with Gasteiger partial charge in [-0.25, -0.2) is 0 Å². The van der Waals surface area contributed by atoms with Crippen LogP contribution in [0.2, 0.25) is 0 Å². The Labute approximate surface area is 91.7 Å². The summed E-state index contributed by atoms with van der Waals surface area (Å²) in [4.78, 5) is 27.3. The fraction of sp³-hybridized carbons (Fsp3) is 0.400. The van der Waals surface area contributed by atoms with Crippen LogP contribution in [0.5, 0.6) is 0 Å². The topological polar surface area (TPSA) is 53.2 Å². The van der Waals surface area contributed by atoms with E-state index >= 15 is 0 Å². The monoisotopic (exact) mass is 224 g/mol. The van der Waals surface area contributed by atoms with Gasteiger partial charge in [0.25, 0.3) is 5.91 Å². The number of H-pyrrole nitrogens is 1. The van der Waals surface area contributed by atoms with E-state index in [0.717, 1.165) is 24.6 Å². The first-order valence-corrected chi connectivity index (χ1v) is 5.98. The van der Waals surface area contributed by atoms with E-state index in [0.29, 0.717) is 5.56 Å². The minimum atomic E-state index is -0.229. The zero-order chi connectivity index (χ0) is 10.7. The summed E-state index contributed by atoms with van der Waals surface area (Å²) in [7, 11) is 0. The molecule has 0 saturated carbocycles.